The molecule has 0 radical (unpaired) electrons. The van der Waals surface area contributed by atoms with Crippen molar-refractivity contribution in [1.29, 1.82) is 0 Å². The van der Waals surface area contributed by atoms with Crippen molar-refractivity contribution < 1.29 is 24.3 Å². The third-order valence-corrected chi connectivity index (χ3v) is 3.93. The molecule has 2 N–H and O–H groups in total. The summed E-state index contributed by atoms with van der Waals surface area (Å²) in [5, 5.41) is 11.3. The van der Waals surface area contributed by atoms with Gasteiger partial charge in [0.25, 0.3) is 0 Å². The van der Waals surface area contributed by atoms with E-state index in [0.717, 1.165) is 0 Å². The zero-order valence-electron chi connectivity index (χ0n) is 11.9. The van der Waals surface area contributed by atoms with Crippen LogP contribution in [-0.4, -0.2) is 64.4 Å². The van der Waals surface area contributed by atoms with Gasteiger partial charge in [0.2, 0.25) is 11.8 Å². The lowest BCUT2D eigenvalue weighted by Crippen LogP contribution is -2.62. The molecule has 4 amide bonds. The van der Waals surface area contributed by atoms with Crippen LogP contribution < -0.4 is 5.32 Å². The Labute approximate surface area is 122 Å². The number of aliphatic carboxylic acids is 1. The Balaban J connectivity index is 2.11. The highest BCUT2D eigenvalue weighted by atomic mass is 16.4. The number of hydrogen-bond donors (Lipinski definition) is 2. The lowest BCUT2D eigenvalue weighted by atomic mass is 9.98. The molecule has 8 heteroatoms. The Morgan fingerprint density at radius 3 is 2.71 bits per heavy atom. The zero-order valence-corrected chi connectivity index (χ0v) is 11.9. The molecule has 116 valence electrons. The number of nitrogens with one attached hydrogen (secondary N) is 1. The van der Waals surface area contributed by atoms with Crippen LogP contribution in [0.3, 0.4) is 0 Å². The lowest BCUT2D eigenvalue weighted by molar-refractivity contribution is -0.144. The first-order chi connectivity index (χ1) is 9.93. The van der Waals surface area contributed by atoms with Crippen molar-refractivity contribution in [3.8, 4) is 0 Å². The van der Waals surface area contributed by atoms with E-state index in [0.29, 0.717) is 25.8 Å². The molecule has 2 atom stereocenters. The van der Waals surface area contributed by atoms with E-state index >= 15 is 0 Å². The number of carbonyl (C=O) groups excluding carboxylic acids is 3. The zero-order chi connectivity index (χ0) is 15.6. The average Bonchev–Trinajstić information content (AvgIpc) is 2.45. The molecule has 0 bridgehead atoms. The molecule has 21 heavy (non-hydrogen) atoms. The summed E-state index contributed by atoms with van der Waals surface area (Å²) in [6.07, 6.45) is 1.55. The Hall–Kier alpha value is -2.12. The average molecular weight is 297 g/mol. The van der Waals surface area contributed by atoms with E-state index < -0.39 is 35.8 Å². The number of nitrogens with zero attached hydrogens (tertiary/aromatic N) is 2. The minimum absolute atomic E-state index is 0.122. The van der Waals surface area contributed by atoms with Crippen LogP contribution in [0, 0.1) is 5.92 Å². The van der Waals surface area contributed by atoms with Crippen molar-refractivity contribution in [3.05, 3.63) is 0 Å². The Morgan fingerprint density at radius 1 is 1.38 bits per heavy atom. The number of hydrogen-bond acceptors (Lipinski definition) is 4. The highest BCUT2D eigenvalue weighted by Gasteiger charge is 2.39. The fourth-order valence-electron chi connectivity index (χ4n) is 2.81. The maximum atomic E-state index is 12.5. The number of imide groups is 1. The maximum absolute atomic E-state index is 12.5. The Morgan fingerprint density at radius 2 is 2.10 bits per heavy atom. The van der Waals surface area contributed by atoms with E-state index in [2.05, 4.69) is 5.32 Å². The highest BCUT2D eigenvalue weighted by molar-refractivity contribution is 6.04. The number of amides is 4. The van der Waals surface area contributed by atoms with Crippen LogP contribution in [0.2, 0.25) is 0 Å². The SMILES string of the molecule is CCC1C(=O)NC(=O)CN1C(=O)N1CCC[C@H](C(=O)O)C1. The molecule has 2 fully saturated rings. The van der Waals surface area contributed by atoms with Crippen LogP contribution in [0.4, 0.5) is 4.79 Å². The number of carbonyl (C=O) groups is 4. The molecule has 2 aliphatic rings. The fourth-order valence-corrected chi connectivity index (χ4v) is 2.81. The van der Waals surface area contributed by atoms with Crippen molar-refractivity contribution in [3.63, 3.8) is 0 Å². The number of rotatable bonds is 2. The van der Waals surface area contributed by atoms with E-state index in [9.17, 15) is 19.2 Å². The summed E-state index contributed by atoms with van der Waals surface area (Å²) in [5.74, 6) is -2.50. The van der Waals surface area contributed by atoms with E-state index in [-0.39, 0.29) is 13.1 Å². The molecular formula is C13H19N3O5. The first-order valence-corrected chi connectivity index (χ1v) is 7.06. The second kappa shape index (κ2) is 6.11. The third-order valence-electron chi connectivity index (χ3n) is 3.93. The van der Waals surface area contributed by atoms with E-state index in [1.807, 2.05) is 0 Å². The lowest BCUT2D eigenvalue weighted by Gasteiger charge is -2.39. The molecule has 2 saturated heterocycles. The Kier molecular flexibility index (Phi) is 4.44. The van der Waals surface area contributed by atoms with Gasteiger partial charge in [0.1, 0.15) is 12.6 Å². The van der Waals surface area contributed by atoms with Crippen LogP contribution in [0.5, 0.6) is 0 Å². The number of carboxylic acids is 1. The van der Waals surface area contributed by atoms with Gasteiger partial charge in [0, 0.05) is 13.1 Å². The summed E-state index contributed by atoms with van der Waals surface area (Å²) in [5.41, 5.74) is 0. The van der Waals surface area contributed by atoms with Crippen LogP contribution >= 0.6 is 0 Å². The third kappa shape index (κ3) is 3.14. The fraction of sp³-hybridized carbons (Fsp3) is 0.692. The van der Waals surface area contributed by atoms with Gasteiger partial charge in [-0.15, -0.1) is 0 Å². The number of piperazine rings is 1. The molecule has 1 unspecified atom stereocenters. The van der Waals surface area contributed by atoms with Crippen molar-refractivity contribution in [2.75, 3.05) is 19.6 Å². The van der Waals surface area contributed by atoms with Crippen LogP contribution in [0.1, 0.15) is 26.2 Å². The van der Waals surface area contributed by atoms with Crippen LogP contribution in [-0.2, 0) is 14.4 Å². The summed E-state index contributed by atoms with van der Waals surface area (Å²) in [4.78, 5) is 49.5. The summed E-state index contributed by atoms with van der Waals surface area (Å²) < 4.78 is 0. The first kappa shape index (κ1) is 15.3. The van der Waals surface area contributed by atoms with Gasteiger partial charge in [-0.3, -0.25) is 19.7 Å². The summed E-state index contributed by atoms with van der Waals surface area (Å²) in [6.45, 7) is 2.16. The van der Waals surface area contributed by atoms with Crippen LogP contribution in [0.15, 0.2) is 0 Å². The minimum Gasteiger partial charge on any atom is -0.481 e. The molecule has 0 spiro atoms. The smallest absolute Gasteiger partial charge is 0.321 e. The van der Waals surface area contributed by atoms with Crippen LogP contribution in [0.25, 0.3) is 0 Å². The van der Waals surface area contributed by atoms with Gasteiger partial charge >= 0.3 is 12.0 Å². The molecule has 0 aliphatic carbocycles. The molecule has 8 nitrogen and oxygen atoms in total. The molecule has 0 saturated carbocycles. The maximum Gasteiger partial charge on any atom is 0.321 e. The quantitative estimate of drug-likeness (QED) is 0.677. The van der Waals surface area contributed by atoms with E-state index in [1.165, 1.54) is 9.80 Å². The first-order valence-electron chi connectivity index (χ1n) is 7.06. The molecule has 0 aromatic rings. The number of likely N-dealkylation sites (tertiary alicyclic amines) is 1. The number of urea groups is 1. The molecule has 0 aromatic carbocycles. The molecule has 2 heterocycles. The second-order valence-electron chi connectivity index (χ2n) is 5.37. The van der Waals surface area contributed by atoms with Gasteiger partial charge < -0.3 is 14.9 Å². The van der Waals surface area contributed by atoms with Crippen molar-refractivity contribution in [2.45, 2.75) is 32.2 Å². The van der Waals surface area contributed by atoms with E-state index in [4.69, 9.17) is 5.11 Å². The summed E-state index contributed by atoms with van der Waals surface area (Å²) >= 11 is 0. The number of carboxylic acid groups (broad SMARTS) is 1. The predicted molar refractivity (Wildman–Crippen MR) is 71.3 cm³/mol. The molecule has 2 aliphatic heterocycles. The largest absolute Gasteiger partial charge is 0.481 e. The second-order valence-corrected chi connectivity index (χ2v) is 5.37. The minimum atomic E-state index is -0.924. The molecule has 0 aromatic heterocycles. The highest BCUT2D eigenvalue weighted by Crippen LogP contribution is 2.20. The summed E-state index contributed by atoms with van der Waals surface area (Å²) in [6, 6.07) is -1.11. The normalized spacial score (nSPS) is 26.5. The standard InChI is InChI=1S/C13H19N3O5/c1-2-9-11(18)14-10(17)7-16(9)13(21)15-5-3-4-8(6-15)12(19)20/h8-9H,2-7H2,1H3,(H,19,20)(H,14,17,18)/t8-,9?/m0/s1. The van der Waals surface area contributed by atoms with Crippen molar-refractivity contribution in [2.24, 2.45) is 5.92 Å². The van der Waals surface area contributed by atoms with Gasteiger partial charge in [-0.2, -0.15) is 0 Å². The van der Waals surface area contributed by atoms with Crippen molar-refractivity contribution >= 4 is 23.8 Å². The van der Waals surface area contributed by atoms with E-state index in [1.54, 1.807) is 6.92 Å². The molecule has 2 rings (SSSR count). The predicted octanol–water partition coefficient (Wildman–Crippen LogP) is -0.360. The summed E-state index contributed by atoms with van der Waals surface area (Å²) in [7, 11) is 0. The van der Waals surface area contributed by atoms with Gasteiger partial charge in [-0.05, 0) is 19.3 Å². The topological polar surface area (TPSA) is 107 Å². The molecular weight excluding hydrogens is 278 g/mol. The van der Waals surface area contributed by atoms with Gasteiger partial charge in [-0.25, -0.2) is 4.79 Å². The van der Waals surface area contributed by atoms with Gasteiger partial charge in [0.15, 0.2) is 0 Å². The monoisotopic (exact) mass is 297 g/mol. The number of piperidine rings is 1. The Bertz CT molecular complexity index is 478. The van der Waals surface area contributed by atoms with Gasteiger partial charge in [-0.1, -0.05) is 6.92 Å². The van der Waals surface area contributed by atoms with Gasteiger partial charge in [0.05, 0.1) is 5.92 Å². The van der Waals surface area contributed by atoms with Crippen molar-refractivity contribution in [1.82, 2.24) is 15.1 Å².